The van der Waals surface area contributed by atoms with E-state index in [1.54, 1.807) is 0 Å². The van der Waals surface area contributed by atoms with Crippen LogP contribution >= 0.6 is 0 Å². The molecule has 1 aromatic heterocycles. The van der Waals surface area contributed by atoms with Crippen LogP contribution in [0.5, 0.6) is 0 Å². The molecule has 20 heavy (non-hydrogen) atoms. The fourth-order valence-corrected chi connectivity index (χ4v) is 1.73. The molecular formula is C11H21N7O2. The minimum atomic E-state index is -0.532. The summed E-state index contributed by atoms with van der Waals surface area (Å²) in [7, 11) is 0. The number of hydrogen-bond donors (Lipinski definition) is 4. The van der Waals surface area contributed by atoms with Crippen LogP contribution in [0.15, 0.2) is 0 Å². The number of rotatable bonds is 5. The molecule has 1 saturated heterocycles. The lowest BCUT2D eigenvalue weighted by Gasteiger charge is -2.28. The lowest BCUT2D eigenvalue weighted by Crippen LogP contribution is -2.39. The van der Waals surface area contributed by atoms with Crippen molar-refractivity contribution in [2.24, 2.45) is 5.84 Å². The molecule has 0 saturated carbocycles. The van der Waals surface area contributed by atoms with E-state index in [1.807, 2.05) is 18.7 Å². The Morgan fingerprint density at radius 3 is 2.50 bits per heavy atom. The number of aliphatic hydroxyl groups excluding tert-OH is 1. The number of nitrogen functional groups attached to an aromatic ring is 1. The third-order valence-electron chi connectivity index (χ3n) is 2.89. The highest BCUT2D eigenvalue weighted by molar-refractivity contribution is 5.44. The molecule has 0 amide bonds. The Bertz CT molecular complexity index is 448. The summed E-state index contributed by atoms with van der Waals surface area (Å²) in [5.41, 5.74) is 1.90. The van der Waals surface area contributed by atoms with Gasteiger partial charge < -0.3 is 20.1 Å². The van der Waals surface area contributed by atoms with E-state index in [0.717, 1.165) is 13.1 Å². The smallest absolute Gasteiger partial charge is 0.243 e. The quantitative estimate of drug-likeness (QED) is 0.405. The lowest BCUT2D eigenvalue weighted by molar-refractivity contribution is 0.122. The third kappa shape index (κ3) is 3.65. The van der Waals surface area contributed by atoms with Gasteiger partial charge in [0.15, 0.2) is 0 Å². The van der Waals surface area contributed by atoms with Gasteiger partial charge in [0.1, 0.15) is 0 Å². The van der Waals surface area contributed by atoms with Gasteiger partial charge in [-0.25, -0.2) is 5.84 Å². The number of nitrogens with one attached hydrogen (secondary N) is 2. The molecule has 0 unspecified atom stereocenters. The molecule has 0 radical (unpaired) electrons. The van der Waals surface area contributed by atoms with E-state index in [-0.39, 0.29) is 12.6 Å². The Morgan fingerprint density at radius 1 is 1.25 bits per heavy atom. The fraction of sp³-hybridized carbons (Fsp3) is 0.727. The van der Waals surface area contributed by atoms with E-state index < -0.39 is 5.54 Å². The number of hydrazine groups is 1. The number of hydrogen-bond acceptors (Lipinski definition) is 9. The maximum Gasteiger partial charge on any atom is 0.243 e. The number of morpholine rings is 1. The van der Waals surface area contributed by atoms with E-state index in [0.29, 0.717) is 25.1 Å². The van der Waals surface area contributed by atoms with Crippen LogP contribution in [0.4, 0.5) is 17.8 Å². The van der Waals surface area contributed by atoms with Crippen LogP contribution in [0.3, 0.4) is 0 Å². The van der Waals surface area contributed by atoms with Crippen molar-refractivity contribution < 1.29 is 9.84 Å². The molecule has 1 aliphatic rings. The summed E-state index contributed by atoms with van der Waals surface area (Å²) in [6, 6.07) is 0. The maximum absolute atomic E-state index is 9.30. The predicted octanol–water partition coefficient (Wildman–Crippen LogP) is -0.823. The normalized spacial score (nSPS) is 16.1. The summed E-state index contributed by atoms with van der Waals surface area (Å²) < 4.78 is 5.30. The Morgan fingerprint density at radius 2 is 1.90 bits per heavy atom. The van der Waals surface area contributed by atoms with Crippen molar-refractivity contribution in [3.8, 4) is 0 Å². The first-order valence-electron chi connectivity index (χ1n) is 6.48. The van der Waals surface area contributed by atoms with Crippen molar-refractivity contribution in [3.05, 3.63) is 0 Å². The van der Waals surface area contributed by atoms with E-state index in [4.69, 9.17) is 10.6 Å². The van der Waals surface area contributed by atoms with Gasteiger partial charge in [0.2, 0.25) is 17.8 Å². The standard InChI is InChI=1S/C11H21N7O2/c1-11(2,7-19)16-8-13-9(17-12)15-10(14-8)18-3-5-20-6-4-18/h19H,3-7,12H2,1-2H3,(H2,13,14,15,16,17). The monoisotopic (exact) mass is 283 g/mol. The number of ether oxygens (including phenoxy) is 1. The average Bonchev–Trinajstić information content (AvgIpc) is 2.47. The molecule has 2 heterocycles. The summed E-state index contributed by atoms with van der Waals surface area (Å²) in [4.78, 5) is 14.8. The van der Waals surface area contributed by atoms with Gasteiger partial charge in [0.05, 0.1) is 25.4 Å². The first kappa shape index (κ1) is 14.7. The molecule has 9 heteroatoms. The van der Waals surface area contributed by atoms with Crippen LogP contribution in [0.1, 0.15) is 13.8 Å². The summed E-state index contributed by atoms with van der Waals surface area (Å²) in [6.07, 6.45) is 0. The zero-order valence-electron chi connectivity index (χ0n) is 11.8. The first-order valence-corrected chi connectivity index (χ1v) is 6.48. The first-order chi connectivity index (χ1) is 9.54. The SMILES string of the molecule is CC(C)(CO)Nc1nc(NN)nc(N2CCOCC2)n1. The number of nitrogens with zero attached hydrogens (tertiary/aromatic N) is 4. The number of anilines is 3. The molecule has 0 aromatic carbocycles. The molecule has 1 fully saturated rings. The zero-order valence-corrected chi connectivity index (χ0v) is 11.8. The second-order valence-corrected chi connectivity index (χ2v) is 5.19. The van der Waals surface area contributed by atoms with Crippen molar-refractivity contribution in [3.63, 3.8) is 0 Å². The molecule has 1 aromatic rings. The highest BCUT2D eigenvalue weighted by atomic mass is 16.5. The van der Waals surface area contributed by atoms with Crippen molar-refractivity contribution in [1.82, 2.24) is 15.0 Å². The van der Waals surface area contributed by atoms with E-state index in [1.165, 1.54) is 0 Å². The van der Waals surface area contributed by atoms with E-state index >= 15 is 0 Å². The molecular weight excluding hydrogens is 262 g/mol. The van der Waals surface area contributed by atoms with Crippen molar-refractivity contribution in [1.29, 1.82) is 0 Å². The van der Waals surface area contributed by atoms with Gasteiger partial charge in [-0.2, -0.15) is 15.0 Å². The molecule has 2 rings (SSSR count). The summed E-state index contributed by atoms with van der Waals surface area (Å²) >= 11 is 0. The van der Waals surface area contributed by atoms with Crippen molar-refractivity contribution in [2.75, 3.05) is 48.6 Å². The topological polar surface area (TPSA) is 121 Å². The van der Waals surface area contributed by atoms with Gasteiger partial charge in [0, 0.05) is 13.1 Å². The Hall–Kier alpha value is -1.71. The number of aromatic nitrogens is 3. The largest absolute Gasteiger partial charge is 0.394 e. The van der Waals surface area contributed by atoms with Crippen molar-refractivity contribution in [2.45, 2.75) is 19.4 Å². The molecule has 0 spiro atoms. The second-order valence-electron chi connectivity index (χ2n) is 5.19. The summed E-state index contributed by atoms with van der Waals surface area (Å²) in [6.45, 7) is 6.37. The fourth-order valence-electron chi connectivity index (χ4n) is 1.73. The van der Waals surface area contributed by atoms with E-state index in [9.17, 15) is 5.11 Å². The molecule has 9 nitrogen and oxygen atoms in total. The Labute approximate surface area is 117 Å². The van der Waals surface area contributed by atoms with Gasteiger partial charge in [0.25, 0.3) is 0 Å². The minimum Gasteiger partial charge on any atom is -0.394 e. The second kappa shape index (κ2) is 6.16. The molecule has 0 atom stereocenters. The van der Waals surface area contributed by atoms with Gasteiger partial charge in [-0.1, -0.05) is 0 Å². The van der Waals surface area contributed by atoms with Crippen LogP contribution < -0.4 is 21.5 Å². The van der Waals surface area contributed by atoms with Gasteiger partial charge in [-0.05, 0) is 13.8 Å². The van der Waals surface area contributed by atoms with Crippen LogP contribution in [0, 0.1) is 0 Å². The Kier molecular flexibility index (Phi) is 4.53. The summed E-state index contributed by atoms with van der Waals surface area (Å²) in [5, 5.41) is 12.4. The van der Waals surface area contributed by atoms with Gasteiger partial charge in [-0.3, -0.25) is 5.43 Å². The summed E-state index contributed by atoms with van der Waals surface area (Å²) in [5.74, 6) is 6.57. The molecule has 1 aliphatic heterocycles. The molecule has 5 N–H and O–H groups in total. The van der Waals surface area contributed by atoms with Gasteiger partial charge in [-0.15, -0.1) is 0 Å². The number of aliphatic hydroxyl groups is 1. The highest BCUT2D eigenvalue weighted by Crippen LogP contribution is 2.17. The zero-order chi connectivity index (χ0) is 14.6. The molecule has 0 aliphatic carbocycles. The van der Waals surface area contributed by atoms with E-state index in [2.05, 4.69) is 25.7 Å². The molecule has 112 valence electrons. The lowest BCUT2D eigenvalue weighted by atomic mass is 10.1. The Balaban J connectivity index is 2.23. The highest BCUT2D eigenvalue weighted by Gasteiger charge is 2.20. The number of nitrogens with two attached hydrogens (primary N) is 1. The minimum absolute atomic E-state index is 0.0447. The van der Waals surface area contributed by atoms with Gasteiger partial charge >= 0.3 is 0 Å². The average molecular weight is 283 g/mol. The van der Waals surface area contributed by atoms with Crippen LogP contribution in [-0.4, -0.2) is 58.5 Å². The van der Waals surface area contributed by atoms with Crippen molar-refractivity contribution >= 4 is 17.8 Å². The third-order valence-corrected chi connectivity index (χ3v) is 2.89. The van der Waals surface area contributed by atoms with Crippen LogP contribution in [-0.2, 0) is 4.74 Å². The van der Waals surface area contributed by atoms with Crippen LogP contribution in [0.2, 0.25) is 0 Å². The molecule has 0 bridgehead atoms. The predicted molar refractivity (Wildman–Crippen MR) is 75.5 cm³/mol. The maximum atomic E-state index is 9.30. The van der Waals surface area contributed by atoms with Crippen LogP contribution in [0.25, 0.3) is 0 Å².